The Kier molecular flexibility index (Phi) is 6.36. The normalized spacial score (nSPS) is 14.5. The van der Waals surface area contributed by atoms with Gasteiger partial charge in [-0.3, -0.25) is 10.1 Å². The molecule has 1 amide bonds. The van der Waals surface area contributed by atoms with Gasteiger partial charge in [-0.2, -0.15) is 0 Å². The van der Waals surface area contributed by atoms with Crippen LogP contribution in [0.1, 0.15) is 45.0 Å². The van der Waals surface area contributed by atoms with Crippen molar-refractivity contribution >= 4 is 17.2 Å². The van der Waals surface area contributed by atoms with Crippen molar-refractivity contribution in [3.63, 3.8) is 0 Å². The van der Waals surface area contributed by atoms with Gasteiger partial charge in [0.1, 0.15) is 0 Å². The maximum atomic E-state index is 11.9. The van der Waals surface area contributed by atoms with Crippen molar-refractivity contribution in [2.75, 3.05) is 6.54 Å². The standard InChI is InChI=1S/C14H24N2OS/c1-5-12(13-7-6-8-18-13)16-11(4)14(17)15-9-10(2)3/h6-8,10-12,16H,5,9H2,1-4H3,(H,15,17). The van der Waals surface area contributed by atoms with E-state index in [4.69, 9.17) is 0 Å². The lowest BCUT2D eigenvalue weighted by Gasteiger charge is -2.21. The zero-order valence-corrected chi connectivity index (χ0v) is 12.5. The van der Waals surface area contributed by atoms with Crippen LogP contribution in [0.25, 0.3) is 0 Å². The highest BCUT2D eigenvalue weighted by molar-refractivity contribution is 7.10. The smallest absolute Gasteiger partial charge is 0.236 e. The number of hydrogen-bond donors (Lipinski definition) is 2. The number of rotatable bonds is 7. The highest BCUT2D eigenvalue weighted by Crippen LogP contribution is 2.22. The molecule has 1 aromatic heterocycles. The molecule has 102 valence electrons. The van der Waals surface area contributed by atoms with Gasteiger partial charge < -0.3 is 5.32 Å². The Labute approximate surface area is 114 Å². The minimum absolute atomic E-state index is 0.0821. The van der Waals surface area contributed by atoms with Crippen molar-refractivity contribution in [3.05, 3.63) is 22.4 Å². The van der Waals surface area contributed by atoms with Crippen LogP contribution in [0, 0.1) is 5.92 Å². The van der Waals surface area contributed by atoms with E-state index in [1.807, 2.05) is 13.0 Å². The Balaban J connectivity index is 2.47. The molecule has 0 radical (unpaired) electrons. The molecule has 0 saturated heterocycles. The first-order chi connectivity index (χ1) is 8.54. The molecule has 1 heterocycles. The number of hydrogen-bond acceptors (Lipinski definition) is 3. The summed E-state index contributed by atoms with van der Waals surface area (Å²) in [7, 11) is 0. The number of nitrogens with one attached hydrogen (secondary N) is 2. The monoisotopic (exact) mass is 268 g/mol. The van der Waals surface area contributed by atoms with E-state index in [2.05, 4.69) is 42.9 Å². The molecule has 0 aromatic carbocycles. The predicted molar refractivity (Wildman–Crippen MR) is 77.8 cm³/mol. The van der Waals surface area contributed by atoms with E-state index in [0.717, 1.165) is 13.0 Å². The van der Waals surface area contributed by atoms with Gasteiger partial charge in [0.05, 0.1) is 6.04 Å². The Bertz CT molecular complexity index is 349. The van der Waals surface area contributed by atoms with Crippen LogP contribution in [0.3, 0.4) is 0 Å². The summed E-state index contributed by atoms with van der Waals surface area (Å²) in [6, 6.07) is 4.28. The van der Waals surface area contributed by atoms with Crippen molar-refractivity contribution in [2.45, 2.75) is 46.2 Å². The second-order valence-corrected chi connectivity index (χ2v) is 5.98. The van der Waals surface area contributed by atoms with Gasteiger partial charge >= 0.3 is 0 Å². The SMILES string of the molecule is CCC(NC(C)C(=O)NCC(C)C)c1cccs1. The van der Waals surface area contributed by atoms with Crippen molar-refractivity contribution in [2.24, 2.45) is 5.92 Å². The minimum Gasteiger partial charge on any atom is -0.354 e. The molecule has 0 aliphatic rings. The van der Waals surface area contributed by atoms with Gasteiger partial charge in [0.2, 0.25) is 5.91 Å². The van der Waals surface area contributed by atoms with Gasteiger partial charge in [-0.05, 0) is 30.7 Å². The summed E-state index contributed by atoms with van der Waals surface area (Å²) in [5.41, 5.74) is 0. The molecule has 2 N–H and O–H groups in total. The molecule has 0 spiro atoms. The third-order valence-corrected chi connectivity index (χ3v) is 3.81. The van der Waals surface area contributed by atoms with Gasteiger partial charge in [0, 0.05) is 17.5 Å². The zero-order chi connectivity index (χ0) is 13.5. The molecule has 0 saturated carbocycles. The lowest BCUT2D eigenvalue weighted by atomic mass is 10.1. The highest BCUT2D eigenvalue weighted by Gasteiger charge is 2.18. The molecular weight excluding hydrogens is 244 g/mol. The third kappa shape index (κ3) is 4.78. The van der Waals surface area contributed by atoms with Crippen LogP contribution in [-0.4, -0.2) is 18.5 Å². The van der Waals surface area contributed by atoms with Crippen molar-refractivity contribution < 1.29 is 4.79 Å². The molecule has 0 aliphatic heterocycles. The van der Waals surface area contributed by atoms with Gasteiger partial charge in [0.25, 0.3) is 0 Å². The Morgan fingerprint density at radius 2 is 2.11 bits per heavy atom. The van der Waals surface area contributed by atoms with E-state index in [-0.39, 0.29) is 18.0 Å². The first kappa shape index (κ1) is 15.2. The number of carbonyl (C=O) groups excluding carboxylic acids is 1. The van der Waals surface area contributed by atoms with Gasteiger partial charge in [-0.1, -0.05) is 26.8 Å². The molecule has 1 aromatic rings. The summed E-state index contributed by atoms with van der Waals surface area (Å²) in [5.74, 6) is 0.569. The van der Waals surface area contributed by atoms with Crippen LogP contribution < -0.4 is 10.6 Å². The molecule has 3 nitrogen and oxygen atoms in total. The van der Waals surface area contributed by atoms with E-state index in [1.165, 1.54) is 4.88 Å². The van der Waals surface area contributed by atoms with E-state index < -0.39 is 0 Å². The first-order valence-electron chi connectivity index (χ1n) is 6.61. The largest absolute Gasteiger partial charge is 0.354 e. The van der Waals surface area contributed by atoms with E-state index in [9.17, 15) is 4.79 Å². The Hall–Kier alpha value is -0.870. The lowest BCUT2D eigenvalue weighted by molar-refractivity contribution is -0.123. The lowest BCUT2D eigenvalue weighted by Crippen LogP contribution is -2.44. The summed E-state index contributed by atoms with van der Waals surface area (Å²) >= 11 is 1.73. The maximum absolute atomic E-state index is 11.9. The molecule has 0 fully saturated rings. The van der Waals surface area contributed by atoms with Crippen molar-refractivity contribution in [1.29, 1.82) is 0 Å². The maximum Gasteiger partial charge on any atom is 0.236 e. The summed E-state index contributed by atoms with van der Waals surface area (Å²) in [6.45, 7) is 8.99. The quantitative estimate of drug-likeness (QED) is 0.798. The average molecular weight is 268 g/mol. The van der Waals surface area contributed by atoms with Crippen molar-refractivity contribution in [1.82, 2.24) is 10.6 Å². The molecule has 0 aliphatic carbocycles. The van der Waals surface area contributed by atoms with Crippen LogP contribution in [0.15, 0.2) is 17.5 Å². The molecule has 1 rings (SSSR count). The first-order valence-corrected chi connectivity index (χ1v) is 7.49. The number of carbonyl (C=O) groups is 1. The fraction of sp³-hybridized carbons (Fsp3) is 0.643. The van der Waals surface area contributed by atoms with Crippen LogP contribution in [0.2, 0.25) is 0 Å². The number of amides is 1. The second kappa shape index (κ2) is 7.54. The summed E-state index contributed by atoms with van der Waals surface area (Å²) in [5, 5.41) is 8.42. The second-order valence-electron chi connectivity index (χ2n) is 5.00. The van der Waals surface area contributed by atoms with Gasteiger partial charge in [-0.25, -0.2) is 0 Å². The fourth-order valence-electron chi connectivity index (χ4n) is 1.73. The van der Waals surface area contributed by atoms with Crippen LogP contribution >= 0.6 is 11.3 Å². The van der Waals surface area contributed by atoms with E-state index in [1.54, 1.807) is 11.3 Å². The minimum atomic E-state index is -0.157. The highest BCUT2D eigenvalue weighted by atomic mass is 32.1. The number of thiophene rings is 1. The topological polar surface area (TPSA) is 41.1 Å². The predicted octanol–water partition coefficient (Wildman–Crippen LogP) is 2.95. The van der Waals surface area contributed by atoms with Crippen molar-refractivity contribution in [3.8, 4) is 0 Å². The summed E-state index contributed by atoms with van der Waals surface area (Å²) < 4.78 is 0. The molecule has 2 unspecified atom stereocenters. The van der Waals surface area contributed by atoms with Crippen LogP contribution in [0.4, 0.5) is 0 Å². The molecular formula is C14H24N2OS. The molecule has 4 heteroatoms. The fourth-order valence-corrected chi connectivity index (χ4v) is 2.60. The molecule has 0 bridgehead atoms. The van der Waals surface area contributed by atoms with Crippen LogP contribution in [-0.2, 0) is 4.79 Å². The molecule has 2 atom stereocenters. The Morgan fingerprint density at radius 1 is 1.39 bits per heavy atom. The Morgan fingerprint density at radius 3 is 2.61 bits per heavy atom. The van der Waals surface area contributed by atoms with Gasteiger partial charge in [-0.15, -0.1) is 11.3 Å². The van der Waals surface area contributed by atoms with E-state index in [0.29, 0.717) is 5.92 Å². The van der Waals surface area contributed by atoms with E-state index >= 15 is 0 Å². The van der Waals surface area contributed by atoms with Gasteiger partial charge in [0.15, 0.2) is 0 Å². The molecule has 18 heavy (non-hydrogen) atoms. The zero-order valence-electron chi connectivity index (χ0n) is 11.7. The third-order valence-electron chi connectivity index (χ3n) is 2.82. The van der Waals surface area contributed by atoms with Crippen LogP contribution in [0.5, 0.6) is 0 Å². The average Bonchev–Trinajstić information content (AvgIpc) is 2.86. The summed E-state index contributed by atoms with van der Waals surface area (Å²) in [4.78, 5) is 13.2. The summed E-state index contributed by atoms with van der Waals surface area (Å²) in [6.07, 6.45) is 0.988.